The first-order valence-corrected chi connectivity index (χ1v) is 9.49. The summed E-state index contributed by atoms with van der Waals surface area (Å²) in [5, 5.41) is 0. The molecule has 1 aliphatic heterocycles. The van der Waals surface area contributed by atoms with Gasteiger partial charge in [0.25, 0.3) is 0 Å². The summed E-state index contributed by atoms with van der Waals surface area (Å²) in [7, 11) is 0. The molecule has 3 heteroatoms. The third-order valence-corrected chi connectivity index (χ3v) is 4.99. The van der Waals surface area contributed by atoms with E-state index >= 15 is 0 Å². The second kappa shape index (κ2) is 8.87. The van der Waals surface area contributed by atoms with Crippen LogP contribution in [0, 0.1) is 0 Å². The maximum atomic E-state index is 12.2. The van der Waals surface area contributed by atoms with Crippen LogP contribution in [-0.4, -0.2) is 29.8 Å². The smallest absolute Gasteiger partial charge is 0.222 e. The lowest BCUT2D eigenvalue weighted by molar-refractivity contribution is -0.131. The summed E-state index contributed by atoms with van der Waals surface area (Å²) in [5.41, 5.74) is 5.28. The molecular weight excluding hydrogens is 330 g/mol. The van der Waals surface area contributed by atoms with Crippen molar-refractivity contribution in [3.05, 3.63) is 77.4 Å². The average Bonchev–Trinajstić information content (AvgIpc) is 2.68. The molecule has 2 aromatic carbocycles. The van der Waals surface area contributed by atoms with Crippen molar-refractivity contribution in [1.82, 2.24) is 4.90 Å². The highest BCUT2D eigenvalue weighted by molar-refractivity contribution is 6.17. The van der Waals surface area contributed by atoms with Crippen molar-refractivity contribution < 1.29 is 4.79 Å². The molecule has 1 amide bonds. The number of hydrogen-bond donors (Lipinski definition) is 0. The highest BCUT2D eigenvalue weighted by Crippen LogP contribution is 2.32. The maximum Gasteiger partial charge on any atom is 0.222 e. The van der Waals surface area contributed by atoms with E-state index in [4.69, 9.17) is 11.6 Å². The first kappa shape index (κ1) is 17.8. The fraction of sp³-hybridized carbons (Fsp3) is 0.318. The number of halogens is 1. The van der Waals surface area contributed by atoms with Gasteiger partial charge >= 0.3 is 0 Å². The van der Waals surface area contributed by atoms with Crippen LogP contribution in [0.1, 0.15) is 36.8 Å². The van der Waals surface area contributed by atoms with Crippen LogP contribution in [-0.2, 0) is 4.79 Å². The Morgan fingerprint density at radius 3 is 1.88 bits per heavy atom. The molecule has 0 bridgehead atoms. The lowest BCUT2D eigenvalue weighted by Gasteiger charge is -2.30. The number of nitrogens with zero attached hydrogens (tertiary/aromatic N) is 1. The van der Waals surface area contributed by atoms with Gasteiger partial charge in [-0.15, -0.1) is 11.6 Å². The van der Waals surface area contributed by atoms with Crippen molar-refractivity contribution in [2.75, 3.05) is 19.0 Å². The number of piperidine rings is 1. The molecule has 2 nitrogen and oxygen atoms in total. The van der Waals surface area contributed by atoms with E-state index in [1.165, 1.54) is 22.3 Å². The van der Waals surface area contributed by atoms with Gasteiger partial charge < -0.3 is 4.90 Å². The molecule has 130 valence electrons. The lowest BCUT2D eigenvalue weighted by Crippen LogP contribution is -2.36. The average molecular weight is 354 g/mol. The molecule has 1 heterocycles. The Morgan fingerprint density at radius 1 is 0.880 bits per heavy atom. The van der Waals surface area contributed by atoms with Crippen LogP contribution >= 0.6 is 11.6 Å². The summed E-state index contributed by atoms with van der Waals surface area (Å²) in [6.07, 6.45) is 3.20. The van der Waals surface area contributed by atoms with E-state index in [1.807, 2.05) is 4.90 Å². The van der Waals surface area contributed by atoms with Gasteiger partial charge in [-0.05, 0) is 36.0 Å². The van der Waals surface area contributed by atoms with Crippen molar-refractivity contribution in [3.8, 4) is 0 Å². The van der Waals surface area contributed by atoms with Crippen molar-refractivity contribution in [2.45, 2.75) is 25.7 Å². The van der Waals surface area contributed by atoms with Crippen LogP contribution in [0.15, 0.2) is 66.2 Å². The molecule has 2 aromatic rings. The first-order valence-electron chi connectivity index (χ1n) is 8.96. The molecule has 3 rings (SSSR count). The van der Waals surface area contributed by atoms with Crippen molar-refractivity contribution in [2.24, 2.45) is 0 Å². The molecule has 0 atom stereocenters. The largest absolute Gasteiger partial charge is 0.342 e. The Kier molecular flexibility index (Phi) is 6.30. The number of carbonyl (C=O) groups excluding carboxylic acids is 1. The monoisotopic (exact) mass is 353 g/mol. The van der Waals surface area contributed by atoms with E-state index in [1.54, 1.807) is 0 Å². The van der Waals surface area contributed by atoms with Crippen molar-refractivity contribution in [1.29, 1.82) is 0 Å². The Labute approximate surface area is 155 Å². The van der Waals surface area contributed by atoms with Gasteiger partial charge in [-0.2, -0.15) is 0 Å². The number of alkyl halides is 1. The molecule has 0 saturated carbocycles. The lowest BCUT2D eigenvalue weighted by atomic mass is 9.88. The molecule has 0 radical (unpaired) electrons. The van der Waals surface area contributed by atoms with Gasteiger partial charge in [0.2, 0.25) is 5.91 Å². The molecular formula is C22H24ClNO. The zero-order chi connectivity index (χ0) is 17.5. The quantitative estimate of drug-likeness (QED) is 0.682. The normalized spacial score (nSPS) is 14.4. The first-order chi connectivity index (χ1) is 12.3. The number of carbonyl (C=O) groups is 1. The summed E-state index contributed by atoms with van der Waals surface area (Å²) in [6.45, 7) is 1.61. The molecule has 25 heavy (non-hydrogen) atoms. The summed E-state index contributed by atoms with van der Waals surface area (Å²) in [6, 6.07) is 21.1. The highest BCUT2D eigenvalue weighted by atomic mass is 35.5. The summed E-state index contributed by atoms with van der Waals surface area (Å²) in [4.78, 5) is 14.2. The molecule has 0 spiro atoms. The zero-order valence-electron chi connectivity index (χ0n) is 14.5. The highest BCUT2D eigenvalue weighted by Gasteiger charge is 2.21. The minimum absolute atomic E-state index is 0.237. The van der Waals surface area contributed by atoms with Crippen LogP contribution in [0.3, 0.4) is 0 Å². The third kappa shape index (κ3) is 4.52. The van der Waals surface area contributed by atoms with Gasteiger partial charge in [0.05, 0.1) is 0 Å². The van der Waals surface area contributed by atoms with Gasteiger partial charge in [0, 0.05) is 25.4 Å². The van der Waals surface area contributed by atoms with E-state index in [-0.39, 0.29) is 5.91 Å². The maximum absolute atomic E-state index is 12.2. The predicted octanol–water partition coefficient (Wildman–Crippen LogP) is 5.13. The minimum atomic E-state index is 0.237. The van der Waals surface area contributed by atoms with Crippen LogP contribution in [0.5, 0.6) is 0 Å². The summed E-state index contributed by atoms with van der Waals surface area (Å²) >= 11 is 5.71. The SMILES string of the molecule is O=C(CCCCl)N1CCC(=C(c2ccccc2)c2ccccc2)CC1. The summed E-state index contributed by atoms with van der Waals surface area (Å²) < 4.78 is 0. The molecule has 1 saturated heterocycles. The second-order valence-electron chi connectivity index (χ2n) is 6.38. The molecule has 1 fully saturated rings. The Morgan fingerprint density at radius 2 is 1.40 bits per heavy atom. The zero-order valence-corrected chi connectivity index (χ0v) is 15.2. The number of benzene rings is 2. The predicted molar refractivity (Wildman–Crippen MR) is 105 cm³/mol. The van der Waals surface area contributed by atoms with Crippen LogP contribution < -0.4 is 0 Å². The van der Waals surface area contributed by atoms with Crippen molar-refractivity contribution in [3.63, 3.8) is 0 Å². The van der Waals surface area contributed by atoms with Gasteiger partial charge in [-0.25, -0.2) is 0 Å². The van der Waals surface area contributed by atoms with E-state index in [0.717, 1.165) is 32.4 Å². The topological polar surface area (TPSA) is 20.3 Å². The Balaban J connectivity index is 1.84. The fourth-order valence-electron chi connectivity index (χ4n) is 3.44. The van der Waals surface area contributed by atoms with Crippen LogP contribution in [0.4, 0.5) is 0 Å². The molecule has 1 aliphatic rings. The number of rotatable bonds is 5. The molecule has 0 aromatic heterocycles. The molecule has 0 N–H and O–H groups in total. The van der Waals surface area contributed by atoms with Gasteiger partial charge in [-0.1, -0.05) is 66.2 Å². The van der Waals surface area contributed by atoms with E-state index in [0.29, 0.717) is 12.3 Å². The van der Waals surface area contributed by atoms with Crippen LogP contribution in [0.25, 0.3) is 5.57 Å². The van der Waals surface area contributed by atoms with E-state index < -0.39 is 0 Å². The fourth-order valence-corrected chi connectivity index (χ4v) is 3.57. The number of likely N-dealkylation sites (tertiary alicyclic amines) is 1. The standard InChI is InChI=1S/C22H24ClNO/c23-15-7-12-21(25)24-16-13-20(14-17-24)22(18-8-3-1-4-9-18)19-10-5-2-6-11-19/h1-6,8-11H,7,12-17H2. The second-order valence-corrected chi connectivity index (χ2v) is 6.76. The van der Waals surface area contributed by atoms with Gasteiger partial charge in [0.15, 0.2) is 0 Å². The Bertz CT molecular complexity index is 673. The molecule has 0 aliphatic carbocycles. The summed E-state index contributed by atoms with van der Waals surface area (Å²) in [5.74, 6) is 0.789. The van der Waals surface area contributed by atoms with Crippen LogP contribution in [0.2, 0.25) is 0 Å². The van der Waals surface area contributed by atoms with Crippen molar-refractivity contribution >= 4 is 23.1 Å². The van der Waals surface area contributed by atoms with Gasteiger partial charge in [-0.3, -0.25) is 4.79 Å². The number of amides is 1. The van der Waals surface area contributed by atoms with Gasteiger partial charge in [0.1, 0.15) is 0 Å². The Hall–Kier alpha value is -2.06. The molecule has 0 unspecified atom stereocenters. The van der Waals surface area contributed by atoms with E-state index in [2.05, 4.69) is 60.7 Å². The van der Waals surface area contributed by atoms with E-state index in [9.17, 15) is 4.79 Å². The third-order valence-electron chi connectivity index (χ3n) is 4.72. The minimum Gasteiger partial charge on any atom is -0.342 e. The number of hydrogen-bond acceptors (Lipinski definition) is 1.